The number of benzene rings is 1. The maximum Gasteiger partial charge on any atom is 0.141 e. The first-order chi connectivity index (χ1) is 7.22. The highest BCUT2D eigenvalue weighted by molar-refractivity contribution is 5.35. The van der Waals surface area contributed by atoms with Gasteiger partial charge in [-0.15, -0.1) is 0 Å². The van der Waals surface area contributed by atoms with Crippen molar-refractivity contribution < 1.29 is 8.78 Å². The zero-order valence-electron chi connectivity index (χ0n) is 7.85. The molecule has 1 fully saturated rings. The standard InChI is InChI=1S/C10H9F2N3/c11-8-4-7(10-14-1-2-15-10)9(12)3-6(8)5-13/h3-4,10,14-15H,1-2H2. The van der Waals surface area contributed by atoms with E-state index in [4.69, 9.17) is 5.26 Å². The van der Waals surface area contributed by atoms with Crippen LogP contribution in [0.25, 0.3) is 0 Å². The summed E-state index contributed by atoms with van der Waals surface area (Å²) in [7, 11) is 0. The largest absolute Gasteiger partial charge is 0.297 e. The van der Waals surface area contributed by atoms with Gasteiger partial charge in [0, 0.05) is 18.7 Å². The molecule has 1 aliphatic heterocycles. The number of hydrogen-bond donors (Lipinski definition) is 2. The van der Waals surface area contributed by atoms with Gasteiger partial charge >= 0.3 is 0 Å². The van der Waals surface area contributed by atoms with Crippen molar-refractivity contribution >= 4 is 0 Å². The third-order valence-corrected chi connectivity index (χ3v) is 2.34. The van der Waals surface area contributed by atoms with Crippen molar-refractivity contribution in [2.75, 3.05) is 13.1 Å². The maximum atomic E-state index is 13.5. The number of rotatable bonds is 1. The summed E-state index contributed by atoms with van der Waals surface area (Å²) in [5.41, 5.74) is -0.0572. The quantitative estimate of drug-likeness (QED) is 0.726. The Labute approximate surface area is 85.7 Å². The van der Waals surface area contributed by atoms with E-state index in [1.165, 1.54) is 0 Å². The molecule has 1 heterocycles. The lowest BCUT2D eigenvalue weighted by Crippen LogP contribution is -2.22. The van der Waals surface area contributed by atoms with Crippen LogP contribution in [0.3, 0.4) is 0 Å². The predicted molar refractivity (Wildman–Crippen MR) is 49.8 cm³/mol. The molecule has 0 unspecified atom stereocenters. The maximum absolute atomic E-state index is 13.5. The minimum atomic E-state index is -0.690. The molecule has 0 saturated carbocycles. The topological polar surface area (TPSA) is 47.9 Å². The zero-order valence-corrected chi connectivity index (χ0v) is 7.85. The van der Waals surface area contributed by atoms with Crippen LogP contribution in [0, 0.1) is 23.0 Å². The first-order valence-electron chi connectivity index (χ1n) is 4.58. The summed E-state index contributed by atoms with van der Waals surface area (Å²) in [5.74, 6) is -1.26. The number of nitriles is 1. The van der Waals surface area contributed by atoms with Crippen molar-refractivity contribution in [2.24, 2.45) is 0 Å². The van der Waals surface area contributed by atoms with Gasteiger partial charge in [0.15, 0.2) is 0 Å². The van der Waals surface area contributed by atoms with Crippen LogP contribution in [0.15, 0.2) is 12.1 Å². The Kier molecular flexibility index (Phi) is 2.62. The summed E-state index contributed by atoms with van der Waals surface area (Å²) in [6.45, 7) is 1.43. The zero-order chi connectivity index (χ0) is 10.8. The molecule has 3 nitrogen and oxygen atoms in total. The third kappa shape index (κ3) is 1.82. The molecule has 1 saturated heterocycles. The second-order valence-electron chi connectivity index (χ2n) is 3.31. The van der Waals surface area contributed by atoms with Gasteiger partial charge in [-0.3, -0.25) is 10.6 Å². The van der Waals surface area contributed by atoms with Gasteiger partial charge in [0.1, 0.15) is 17.7 Å². The Hall–Kier alpha value is -1.51. The highest BCUT2D eigenvalue weighted by Gasteiger charge is 2.20. The summed E-state index contributed by atoms with van der Waals surface area (Å²) in [6, 6.07) is 3.58. The van der Waals surface area contributed by atoms with Crippen molar-refractivity contribution in [1.29, 1.82) is 5.26 Å². The van der Waals surface area contributed by atoms with Crippen LogP contribution < -0.4 is 10.6 Å². The van der Waals surface area contributed by atoms with Crippen molar-refractivity contribution in [2.45, 2.75) is 6.17 Å². The van der Waals surface area contributed by atoms with E-state index in [0.717, 1.165) is 12.1 Å². The molecule has 0 radical (unpaired) electrons. The molecule has 1 aliphatic rings. The van der Waals surface area contributed by atoms with E-state index in [2.05, 4.69) is 10.6 Å². The van der Waals surface area contributed by atoms with Crippen LogP contribution in [0.2, 0.25) is 0 Å². The van der Waals surface area contributed by atoms with Gasteiger partial charge < -0.3 is 0 Å². The van der Waals surface area contributed by atoms with Gasteiger partial charge in [-0.1, -0.05) is 0 Å². The highest BCUT2D eigenvalue weighted by Crippen LogP contribution is 2.20. The second-order valence-corrected chi connectivity index (χ2v) is 3.31. The van der Waals surface area contributed by atoms with Gasteiger partial charge in [0.25, 0.3) is 0 Å². The Bertz CT molecular complexity index is 419. The molecule has 1 aromatic carbocycles. The minimum absolute atomic E-state index is 0.212. The van der Waals surface area contributed by atoms with Crippen molar-refractivity contribution in [3.8, 4) is 6.07 Å². The van der Waals surface area contributed by atoms with Crippen LogP contribution in [0.1, 0.15) is 17.3 Å². The van der Waals surface area contributed by atoms with Crippen LogP contribution in [-0.2, 0) is 0 Å². The fourth-order valence-corrected chi connectivity index (χ4v) is 1.59. The van der Waals surface area contributed by atoms with Crippen LogP contribution >= 0.6 is 0 Å². The molecule has 0 aliphatic carbocycles. The van der Waals surface area contributed by atoms with Crippen LogP contribution in [0.5, 0.6) is 0 Å². The Morgan fingerprint density at radius 3 is 2.47 bits per heavy atom. The second kappa shape index (κ2) is 3.93. The SMILES string of the molecule is N#Cc1cc(F)c(C2NCCN2)cc1F. The first kappa shape index (κ1) is 10.0. The fourth-order valence-electron chi connectivity index (χ4n) is 1.59. The van der Waals surface area contributed by atoms with Crippen LogP contribution in [0.4, 0.5) is 8.78 Å². The molecule has 15 heavy (non-hydrogen) atoms. The van der Waals surface area contributed by atoms with Crippen molar-refractivity contribution in [3.63, 3.8) is 0 Å². The van der Waals surface area contributed by atoms with E-state index in [1.54, 1.807) is 6.07 Å². The lowest BCUT2D eigenvalue weighted by molar-refractivity contribution is 0.518. The molecule has 78 valence electrons. The Balaban J connectivity index is 2.40. The molecule has 2 N–H and O–H groups in total. The molecule has 5 heteroatoms. The number of nitrogens with one attached hydrogen (secondary N) is 2. The monoisotopic (exact) mass is 209 g/mol. The lowest BCUT2D eigenvalue weighted by Gasteiger charge is -2.12. The smallest absolute Gasteiger partial charge is 0.141 e. The van der Waals surface area contributed by atoms with Gasteiger partial charge in [0.2, 0.25) is 0 Å². The highest BCUT2D eigenvalue weighted by atomic mass is 19.1. The molecular formula is C10H9F2N3. The summed E-state index contributed by atoms with van der Waals surface area (Å²) in [4.78, 5) is 0. The first-order valence-corrected chi connectivity index (χ1v) is 4.58. The number of halogens is 2. The van der Waals surface area contributed by atoms with E-state index < -0.39 is 11.6 Å². The van der Waals surface area contributed by atoms with E-state index >= 15 is 0 Å². The molecule has 0 spiro atoms. The predicted octanol–water partition coefficient (Wildman–Crippen LogP) is 1.03. The summed E-state index contributed by atoms with van der Waals surface area (Å²) in [6.07, 6.45) is -0.368. The van der Waals surface area contributed by atoms with E-state index in [9.17, 15) is 8.78 Å². The summed E-state index contributed by atoms with van der Waals surface area (Å²) < 4.78 is 26.7. The summed E-state index contributed by atoms with van der Waals surface area (Å²) in [5, 5.41) is 14.5. The molecular weight excluding hydrogens is 200 g/mol. The van der Waals surface area contributed by atoms with E-state index in [-0.39, 0.29) is 17.3 Å². The third-order valence-electron chi connectivity index (χ3n) is 2.34. The lowest BCUT2D eigenvalue weighted by atomic mass is 10.1. The van der Waals surface area contributed by atoms with Gasteiger partial charge in [-0.05, 0) is 12.1 Å². The molecule has 1 aromatic rings. The summed E-state index contributed by atoms with van der Waals surface area (Å²) >= 11 is 0. The van der Waals surface area contributed by atoms with E-state index in [1.807, 2.05) is 0 Å². The van der Waals surface area contributed by atoms with Gasteiger partial charge in [-0.2, -0.15) is 5.26 Å². The van der Waals surface area contributed by atoms with Crippen LogP contribution in [-0.4, -0.2) is 13.1 Å². The normalized spacial score (nSPS) is 16.6. The fraction of sp³-hybridized carbons (Fsp3) is 0.300. The molecule has 2 rings (SSSR count). The average Bonchev–Trinajstić information content (AvgIpc) is 2.74. The van der Waals surface area contributed by atoms with Gasteiger partial charge in [-0.25, -0.2) is 8.78 Å². The molecule has 0 bridgehead atoms. The minimum Gasteiger partial charge on any atom is -0.297 e. The Morgan fingerprint density at radius 1 is 1.20 bits per heavy atom. The molecule has 0 atom stereocenters. The molecule has 0 amide bonds. The molecule has 0 aromatic heterocycles. The van der Waals surface area contributed by atoms with Crippen molar-refractivity contribution in [1.82, 2.24) is 10.6 Å². The van der Waals surface area contributed by atoms with Crippen molar-refractivity contribution in [3.05, 3.63) is 34.9 Å². The Morgan fingerprint density at radius 2 is 1.87 bits per heavy atom. The number of nitrogens with zero attached hydrogens (tertiary/aromatic N) is 1. The van der Waals surface area contributed by atoms with E-state index in [0.29, 0.717) is 13.1 Å². The van der Waals surface area contributed by atoms with Gasteiger partial charge in [0.05, 0.1) is 11.7 Å². The number of hydrogen-bond acceptors (Lipinski definition) is 3. The average molecular weight is 209 g/mol.